The van der Waals surface area contributed by atoms with E-state index in [2.05, 4.69) is 20.7 Å². The maximum Gasteiger partial charge on any atom is 0.140 e. The van der Waals surface area contributed by atoms with Crippen LogP contribution in [-0.2, 0) is 13.0 Å². The Morgan fingerprint density at radius 3 is 3.11 bits per heavy atom. The summed E-state index contributed by atoms with van der Waals surface area (Å²) in [6.45, 7) is 3.65. The van der Waals surface area contributed by atoms with Gasteiger partial charge >= 0.3 is 0 Å². The molecular weight excluding hydrogens is 244 g/mol. The van der Waals surface area contributed by atoms with E-state index in [0.717, 1.165) is 35.8 Å². The number of rotatable bonds is 5. The molecule has 2 aromatic rings. The fraction of sp³-hybridized carbons (Fsp3) is 0.308. The number of aromatic nitrogens is 2. The Hall–Kier alpha value is -1.77. The topological polar surface area (TPSA) is 61.6 Å². The van der Waals surface area contributed by atoms with Gasteiger partial charge in [0.25, 0.3) is 0 Å². The number of pyridine rings is 1. The van der Waals surface area contributed by atoms with E-state index >= 15 is 0 Å². The monoisotopic (exact) mass is 258 g/mol. The van der Waals surface area contributed by atoms with Crippen LogP contribution in [0.5, 0.6) is 0 Å². The second-order valence-electron chi connectivity index (χ2n) is 3.95. The number of nitriles is 1. The average molecular weight is 258 g/mol. The van der Waals surface area contributed by atoms with Crippen molar-refractivity contribution in [3.63, 3.8) is 0 Å². The maximum atomic E-state index is 8.74. The van der Waals surface area contributed by atoms with Crippen molar-refractivity contribution in [3.8, 4) is 6.07 Å². The van der Waals surface area contributed by atoms with Gasteiger partial charge in [-0.05, 0) is 24.6 Å². The molecule has 1 N–H and O–H groups in total. The standard InChI is InChI=1S/C13H14N4S/c1-10-17-12(9-18-10)3-4-15-8-11-2-5-16-13(6-11)7-14/h2,5-6,9,15H,3-4,8H2,1H3. The van der Waals surface area contributed by atoms with E-state index in [1.807, 2.05) is 19.1 Å². The highest BCUT2D eigenvalue weighted by Crippen LogP contribution is 2.08. The number of thiazole rings is 1. The summed E-state index contributed by atoms with van der Waals surface area (Å²) in [6, 6.07) is 5.76. The highest BCUT2D eigenvalue weighted by Gasteiger charge is 1.99. The van der Waals surface area contributed by atoms with Crippen LogP contribution in [-0.4, -0.2) is 16.5 Å². The van der Waals surface area contributed by atoms with E-state index in [1.54, 1.807) is 23.6 Å². The molecule has 0 radical (unpaired) electrons. The minimum atomic E-state index is 0.462. The molecular formula is C13H14N4S. The van der Waals surface area contributed by atoms with E-state index in [-0.39, 0.29) is 0 Å². The van der Waals surface area contributed by atoms with Crippen LogP contribution in [0.1, 0.15) is 22.0 Å². The summed E-state index contributed by atoms with van der Waals surface area (Å²) < 4.78 is 0. The molecule has 0 unspecified atom stereocenters. The summed E-state index contributed by atoms with van der Waals surface area (Å²) in [6.07, 6.45) is 2.60. The Labute approximate surface area is 110 Å². The molecule has 0 saturated heterocycles. The molecule has 5 heteroatoms. The van der Waals surface area contributed by atoms with Crippen molar-refractivity contribution in [1.29, 1.82) is 5.26 Å². The first-order valence-electron chi connectivity index (χ1n) is 5.74. The summed E-state index contributed by atoms with van der Waals surface area (Å²) >= 11 is 1.68. The van der Waals surface area contributed by atoms with Gasteiger partial charge in [-0.25, -0.2) is 9.97 Å². The smallest absolute Gasteiger partial charge is 0.140 e. The first-order chi connectivity index (χ1) is 8.78. The highest BCUT2D eigenvalue weighted by atomic mass is 32.1. The molecule has 0 spiro atoms. The molecule has 2 aromatic heterocycles. The van der Waals surface area contributed by atoms with E-state index < -0.39 is 0 Å². The summed E-state index contributed by atoms with van der Waals surface area (Å²) in [4.78, 5) is 8.35. The minimum absolute atomic E-state index is 0.462. The third-order valence-corrected chi connectivity index (χ3v) is 3.31. The van der Waals surface area contributed by atoms with E-state index in [9.17, 15) is 0 Å². The van der Waals surface area contributed by atoms with Crippen LogP contribution in [0.2, 0.25) is 0 Å². The molecule has 18 heavy (non-hydrogen) atoms. The lowest BCUT2D eigenvalue weighted by Gasteiger charge is -2.03. The van der Waals surface area contributed by atoms with E-state index in [1.165, 1.54) is 0 Å². The van der Waals surface area contributed by atoms with Crippen LogP contribution in [0.4, 0.5) is 0 Å². The lowest BCUT2D eigenvalue weighted by molar-refractivity contribution is 0.680. The molecule has 0 aliphatic rings. The van der Waals surface area contributed by atoms with Crippen molar-refractivity contribution < 1.29 is 0 Å². The molecule has 4 nitrogen and oxygen atoms in total. The van der Waals surface area contributed by atoms with Crippen molar-refractivity contribution in [2.24, 2.45) is 0 Å². The zero-order valence-electron chi connectivity index (χ0n) is 10.2. The molecule has 2 rings (SSSR count). The van der Waals surface area contributed by atoms with Crippen molar-refractivity contribution in [2.75, 3.05) is 6.54 Å². The summed E-state index contributed by atoms with van der Waals surface area (Å²) in [5, 5.41) is 15.3. The van der Waals surface area contributed by atoms with Gasteiger partial charge in [0, 0.05) is 31.1 Å². The van der Waals surface area contributed by atoms with Gasteiger partial charge in [0.1, 0.15) is 11.8 Å². The Balaban J connectivity index is 1.77. The van der Waals surface area contributed by atoms with Crippen molar-refractivity contribution in [3.05, 3.63) is 45.7 Å². The normalized spacial score (nSPS) is 10.2. The summed E-state index contributed by atoms with van der Waals surface area (Å²) in [5.41, 5.74) is 2.68. The lowest BCUT2D eigenvalue weighted by atomic mass is 10.2. The highest BCUT2D eigenvalue weighted by molar-refractivity contribution is 7.09. The molecule has 0 saturated carbocycles. The van der Waals surface area contributed by atoms with Gasteiger partial charge in [-0.15, -0.1) is 11.3 Å². The minimum Gasteiger partial charge on any atom is -0.312 e. The molecule has 0 amide bonds. The van der Waals surface area contributed by atoms with Gasteiger partial charge < -0.3 is 5.32 Å². The average Bonchev–Trinajstić information content (AvgIpc) is 2.81. The fourth-order valence-electron chi connectivity index (χ4n) is 1.62. The predicted octanol–water partition coefficient (Wildman–Crippen LogP) is 2.05. The van der Waals surface area contributed by atoms with Gasteiger partial charge in [-0.1, -0.05) is 0 Å². The molecule has 0 aliphatic heterocycles. The SMILES string of the molecule is Cc1nc(CCNCc2ccnc(C#N)c2)cs1. The van der Waals surface area contributed by atoms with Gasteiger partial charge in [0.05, 0.1) is 10.7 Å². The number of aryl methyl sites for hydroxylation is 1. The first-order valence-corrected chi connectivity index (χ1v) is 6.62. The van der Waals surface area contributed by atoms with E-state index in [0.29, 0.717) is 5.69 Å². The maximum absolute atomic E-state index is 8.74. The van der Waals surface area contributed by atoms with Gasteiger partial charge in [-0.2, -0.15) is 5.26 Å². The van der Waals surface area contributed by atoms with Crippen molar-refractivity contribution in [1.82, 2.24) is 15.3 Å². The second kappa shape index (κ2) is 6.24. The molecule has 0 fully saturated rings. The van der Waals surface area contributed by atoms with Gasteiger partial charge in [0.2, 0.25) is 0 Å². The van der Waals surface area contributed by atoms with Crippen LogP contribution in [0.25, 0.3) is 0 Å². The Morgan fingerprint density at radius 2 is 2.39 bits per heavy atom. The Morgan fingerprint density at radius 1 is 1.50 bits per heavy atom. The summed E-state index contributed by atoms with van der Waals surface area (Å²) in [5.74, 6) is 0. The zero-order valence-corrected chi connectivity index (χ0v) is 11.0. The number of hydrogen-bond acceptors (Lipinski definition) is 5. The van der Waals surface area contributed by atoms with E-state index in [4.69, 9.17) is 5.26 Å². The van der Waals surface area contributed by atoms with Crippen LogP contribution in [0, 0.1) is 18.3 Å². The van der Waals surface area contributed by atoms with Crippen LogP contribution in [0.3, 0.4) is 0 Å². The third kappa shape index (κ3) is 3.62. The Bertz CT molecular complexity index is 556. The molecule has 0 aromatic carbocycles. The predicted molar refractivity (Wildman–Crippen MR) is 71.2 cm³/mol. The number of nitrogens with zero attached hydrogens (tertiary/aromatic N) is 3. The van der Waals surface area contributed by atoms with Crippen LogP contribution in [0.15, 0.2) is 23.7 Å². The van der Waals surface area contributed by atoms with Crippen LogP contribution >= 0.6 is 11.3 Å². The molecule has 0 atom stereocenters. The molecule has 0 aliphatic carbocycles. The lowest BCUT2D eigenvalue weighted by Crippen LogP contribution is -2.17. The van der Waals surface area contributed by atoms with Crippen molar-refractivity contribution >= 4 is 11.3 Å². The number of nitrogens with one attached hydrogen (secondary N) is 1. The summed E-state index contributed by atoms with van der Waals surface area (Å²) in [7, 11) is 0. The Kier molecular flexibility index (Phi) is 4.40. The largest absolute Gasteiger partial charge is 0.312 e. The quantitative estimate of drug-likeness (QED) is 0.834. The molecule has 92 valence electrons. The number of hydrogen-bond donors (Lipinski definition) is 1. The van der Waals surface area contributed by atoms with Crippen molar-refractivity contribution in [2.45, 2.75) is 19.9 Å². The second-order valence-corrected chi connectivity index (χ2v) is 5.01. The first kappa shape index (κ1) is 12.7. The molecule has 0 bridgehead atoms. The third-order valence-electron chi connectivity index (χ3n) is 2.49. The zero-order chi connectivity index (χ0) is 12.8. The van der Waals surface area contributed by atoms with Crippen LogP contribution < -0.4 is 5.32 Å². The van der Waals surface area contributed by atoms with Gasteiger partial charge in [-0.3, -0.25) is 0 Å². The van der Waals surface area contributed by atoms with Gasteiger partial charge in [0.15, 0.2) is 0 Å². The fourth-order valence-corrected chi connectivity index (χ4v) is 2.26. The molecule has 2 heterocycles.